The number of nitrogens with zero attached hydrogens (tertiary/aromatic N) is 1. The molecule has 0 fully saturated rings. The van der Waals surface area contributed by atoms with E-state index in [1.165, 1.54) is 5.56 Å². The smallest absolute Gasteiger partial charge is 0.227 e. The summed E-state index contributed by atoms with van der Waals surface area (Å²) >= 11 is 0. The molecule has 3 rings (SSSR count). The molecule has 0 spiro atoms. The van der Waals surface area contributed by atoms with E-state index in [1.54, 1.807) is 0 Å². The van der Waals surface area contributed by atoms with Crippen LogP contribution in [0.4, 0.5) is 5.69 Å². The zero-order chi connectivity index (χ0) is 15.7. The number of carbonyl (C=O) groups excluding carboxylic acids is 1. The van der Waals surface area contributed by atoms with E-state index in [0.29, 0.717) is 5.92 Å². The number of amides is 1. The minimum Gasteiger partial charge on any atom is -0.346 e. The van der Waals surface area contributed by atoms with Crippen molar-refractivity contribution < 1.29 is 4.79 Å². The van der Waals surface area contributed by atoms with Crippen LogP contribution in [-0.2, 0) is 17.6 Å². The van der Waals surface area contributed by atoms with E-state index in [1.807, 2.05) is 25.1 Å². The zero-order valence-corrected chi connectivity index (χ0v) is 13.4. The number of carbonyl (C=O) groups is 1. The number of benzene rings is 1. The van der Waals surface area contributed by atoms with Crippen molar-refractivity contribution in [2.75, 3.05) is 5.32 Å². The Morgan fingerprint density at radius 3 is 2.91 bits per heavy atom. The normalized spacial score (nSPS) is 17.4. The number of hydrogen-bond donors (Lipinski definition) is 2. The number of hydrogen-bond acceptors (Lipinski definition) is 2. The van der Waals surface area contributed by atoms with E-state index in [-0.39, 0.29) is 11.8 Å². The summed E-state index contributed by atoms with van der Waals surface area (Å²) < 4.78 is 0. The highest BCUT2D eigenvalue weighted by atomic mass is 16.1. The third-order valence-electron chi connectivity index (χ3n) is 4.37. The summed E-state index contributed by atoms with van der Waals surface area (Å²) in [6, 6.07) is 8.06. The van der Waals surface area contributed by atoms with Crippen LogP contribution in [0.3, 0.4) is 0 Å². The van der Waals surface area contributed by atoms with Crippen molar-refractivity contribution in [1.82, 2.24) is 9.97 Å². The number of anilines is 1. The van der Waals surface area contributed by atoms with E-state index < -0.39 is 0 Å². The summed E-state index contributed by atoms with van der Waals surface area (Å²) in [6.07, 6.45) is 2.50. The first kappa shape index (κ1) is 14.8. The molecule has 1 atom stereocenters. The van der Waals surface area contributed by atoms with Crippen LogP contribution in [0, 0.1) is 12.8 Å². The van der Waals surface area contributed by atoms with Crippen LogP contribution < -0.4 is 5.32 Å². The Morgan fingerprint density at radius 2 is 2.14 bits per heavy atom. The van der Waals surface area contributed by atoms with Crippen molar-refractivity contribution in [3.8, 4) is 0 Å². The fourth-order valence-electron chi connectivity index (χ4n) is 3.20. The Labute approximate surface area is 131 Å². The molecule has 1 heterocycles. The highest BCUT2D eigenvalue weighted by molar-refractivity contribution is 5.93. The van der Waals surface area contributed by atoms with Gasteiger partial charge in [0.1, 0.15) is 5.82 Å². The minimum atomic E-state index is 0.0209. The molecule has 116 valence electrons. The maximum absolute atomic E-state index is 12.6. The number of imidazole rings is 1. The first-order valence-corrected chi connectivity index (χ1v) is 7.98. The molecule has 0 radical (unpaired) electrons. The van der Waals surface area contributed by atoms with Gasteiger partial charge in [0.15, 0.2) is 0 Å². The highest BCUT2D eigenvalue weighted by Gasteiger charge is 2.27. The van der Waals surface area contributed by atoms with E-state index in [0.717, 1.165) is 42.2 Å². The molecule has 0 saturated carbocycles. The van der Waals surface area contributed by atoms with Crippen molar-refractivity contribution in [2.45, 2.75) is 46.0 Å². The Morgan fingerprint density at radius 1 is 1.36 bits per heavy atom. The van der Waals surface area contributed by atoms with Gasteiger partial charge in [-0.25, -0.2) is 4.98 Å². The van der Waals surface area contributed by atoms with Gasteiger partial charge in [-0.3, -0.25) is 4.79 Å². The van der Waals surface area contributed by atoms with Crippen LogP contribution in [0.25, 0.3) is 0 Å². The average molecular weight is 297 g/mol. The number of rotatable bonds is 3. The van der Waals surface area contributed by atoms with E-state index in [4.69, 9.17) is 0 Å². The van der Waals surface area contributed by atoms with Crippen LogP contribution >= 0.6 is 0 Å². The summed E-state index contributed by atoms with van der Waals surface area (Å²) in [5.41, 5.74) is 4.38. The van der Waals surface area contributed by atoms with Crippen molar-refractivity contribution in [1.29, 1.82) is 0 Å². The lowest BCUT2D eigenvalue weighted by atomic mass is 9.89. The maximum atomic E-state index is 12.6. The van der Waals surface area contributed by atoms with E-state index in [2.05, 4.69) is 35.2 Å². The van der Waals surface area contributed by atoms with Crippen LogP contribution in [0.1, 0.15) is 49.0 Å². The third kappa shape index (κ3) is 2.91. The van der Waals surface area contributed by atoms with Gasteiger partial charge >= 0.3 is 0 Å². The molecule has 4 nitrogen and oxygen atoms in total. The molecule has 1 amide bonds. The average Bonchev–Trinajstić information content (AvgIpc) is 2.86. The molecule has 4 heteroatoms. The maximum Gasteiger partial charge on any atom is 0.227 e. The second kappa shape index (κ2) is 5.95. The Hall–Kier alpha value is -2.10. The fourth-order valence-corrected chi connectivity index (χ4v) is 3.20. The molecule has 1 aliphatic carbocycles. The lowest BCUT2D eigenvalue weighted by Gasteiger charge is -2.22. The lowest BCUT2D eigenvalue weighted by Crippen LogP contribution is -2.28. The minimum absolute atomic E-state index is 0.0209. The number of aromatic amines is 1. The van der Waals surface area contributed by atoms with Crippen molar-refractivity contribution in [3.63, 3.8) is 0 Å². The van der Waals surface area contributed by atoms with Gasteiger partial charge in [-0.2, -0.15) is 0 Å². The van der Waals surface area contributed by atoms with Gasteiger partial charge in [0.25, 0.3) is 0 Å². The van der Waals surface area contributed by atoms with Gasteiger partial charge in [-0.1, -0.05) is 32.0 Å². The Bertz CT molecular complexity index is 687. The zero-order valence-electron chi connectivity index (χ0n) is 13.4. The molecule has 2 aromatic rings. The molecule has 0 aliphatic heterocycles. The highest BCUT2D eigenvalue weighted by Crippen LogP contribution is 2.27. The molecule has 1 aromatic carbocycles. The summed E-state index contributed by atoms with van der Waals surface area (Å²) in [4.78, 5) is 20.4. The van der Waals surface area contributed by atoms with Crippen molar-refractivity contribution in [2.24, 2.45) is 5.92 Å². The lowest BCUT2D eigenvalue weighted by molar-refractivity contribution is -0.120. The molecule has 1 unspecified atom stereocenters. The molecule has 1 aromatic heterocycles. The third-order valence-corrected chi connectivity index (χ3v) is 4.37. The Kier molecular flexibility index (Phi) is 4.01. The van der Waals surface area contributed by atoms with E-state index >= 15 is 0 Å². The largest absolute Gasteiger partial charge is 0.346 e. The van der Waals surface area contributed by atoms with Gasteiger partial charge in [0, 0.05) is 23.7 Å². The predicted molar refractivity (Wildman–Crippen MR) is 88.0 cm³/mol. The SMILES string of the molecule is Cc1nc2c([nH]1)CC(C(=O)Nc1ccccc1C(C)C)CC2. The summed E-state index contributed by atoms with van der Waals surface area (Å²) in [6.45, 7) is 6.25. The fraction of sp³-hybridized carbons (Fsp3) is 0.444. The monoisotopic (exact) mass is 297 g/mol. The summed E-state index contributed by atoms with van der Waals surface area (Å²) in [7, 11) is 0. The number of H-pyrrole nitrogens is 1. The van der Waals surface area contributed by atoms with Crippen LogP contribution in [0.15, 0.2) is 24.3 Å². The number of aryl methyl sites for hydroxylation is 2. The topological polar surface area (TPSA) is 57.8 Å². The van der Waals surface area contributed by atoms with E-state index in [9.17, 15) is 4.79 Å². The van der Waals surface area contributed by atoms with Gasteiger partial charge in [0.2, 0.25) is 5.91 Å². The predicted octanol–water partition coefficient (Wildman–Crippen LogP) is 3.59. The van der Waals surface area contributed by atoms with Crippen molar-refractivity contribution in [3.05, 3.63) is 47.0 Å². The van der Waals surface area contributed by atoms with Gasteiger partial charge < -0.3 is 10.3 Å². The second-order valence-electron chi connectivity index (χ2n) is 6.42. The molecular weight excluding hydrogens is 274 g/mol. The van der Waals surface area contributed by atoms with Crippen molar-refractivity contribution >= 4 is 11.6 Å². The molecule has 1 aliphatic rings. The summed E-state index contributed by atoms with van der Waals surface area (Å²) in [5.74, 6) is 1.47. The molecule has 2 N–H and O–H groups in total. The quantitative estimate of drug-likeness (QED) is 0.909. The number of nitrogens with one attached hydrogen (secondary N) is 2. The Balaban J connectivity index is 1.73. The second-order valence-corrected chi connectivity index (χ2v) is 6.42. The number of fused-ring (bicyclic) bond motifs is 1. The van der Waals surface area contributed by atoms with Crippen LogP contribution in [0.5, 0.6) is 0 Å². The van der Waals surface area contributed by atoms with Gasteiger partial charge in [-0.15, -0.1) is 0 Å². The van der Waals surface area contributed by atoms with Gasteiger partial charge in [0.05, 0.1) is 5.69 Å². The molecule has 0 bridgehead atoms. The standard InChI is InChI=1S/C18H23N3O/c1-11(2)14-6-4-5-7-15(14)21-18(22)13-8-9-16-17(10-13)20-12(3)19-16/h4-7,11,13H,8-10H2,1-3H3,(H,19,20)(H,21,22). The number of para-hydroxylation sites is 1. The molecule has 22 heavy (non-hydrogen) atoms. The first-order chi connectivity index (χ1) is 10.5. The first-order valence-electron chi connectivity index (χ1n) is 7.98. The summed E-state index contributed by atoms with van der Waals surface area (Å²) in [5, 5.41) is 3.13. The van der Waals surface area contributed by atoms with Crippen LogP contribution in [-0.4, -0.2) is 15.9 Å². The number of aromatic nitrogens is 2. The molecular formula is C18H23N3O. The molecule has 0 saturated heterocycles. The van der Waals surface area contributed by atoms with Crippen LogP contribution in [0.2, 0.25) is 0 Å². The van der Waals surface area contributed by atoms with Gasteiger partial charge in [-0.05, 0) is 37.3 Å².